The van der Waals surface area contributed by atoms with Crippen molar-refractivity contribution in [1.29, 1.82) is 0 Å². The molecular weight excluding hydrogens is 724 g/mol. The quantitative estimate of drug-likeness (QED) is 0.152. The predicted molar refractivity (Wildman–Crippen MR) is 214 cm³/mol. The number of hydrogen-bond donors (Lipinski definition) is 4. The Morgan fingerprint density at radius 2 is 0.804 bits per heavy atom. The summed E-state index contributed by atoms with van der Waals surface area (Å²) in [4.78, 5) is 43.5. The van der Waals surface area contributed by atoms with Crippen LogP contribution in [-0.2, 0) is 21.7 Å². The van der Waals surface area contributed by atoms with Gasteiger partial charge in [0, 0.05) is 17.2 Å². The van der Waals surface area contributed by atoms with Crippen LogP contribution in [0.5, 0.6) is 0 Å². The maximum atomic E-state index is 13.4. The summed E-state index contributed by atoms with van der Waals surface area (Å²) in [6.45, 7) is 23.3. The monoisotopic (exact) mass is 780 g/mol. The van der Waals surface area contributed by atoms with Gasteiger partial charge in [0.15, 0.2) is 0 Å². The summed E-state index contributed by atoms with van der Waals surface area (Å²) < 4.78 is 53.0. The second-order valence-corrected chi connectivity index (χ2v) is 17.2. The van der Waals surface area contributed by atoms with Gasteiger partial charge in [0.25, 0.3) is 11.8 Å². The van der Waals surface area contributed by atoms with Crippen molar-refractivity contribution in [2.45, 2.75) is 105 Å². The maximum absolute atomic E-state index is 13.4. The molecule has 0 atom stereocenters. The molecule has 0 unspecified atom stereocenters. The van der Waals surface area contributed by atoms with Gasteiger partial charge in [-0.1, -0.05) is 101 Å². The standard InChI is InChI=1S/C11H13F2NO.2C11H14FNO.C11H15NO/c1-11(2,3)7-4-6(10(14)15)8(12)5-9(7)13;1-11(2,3)7-4-5-9(12)8(6-7)10(13)14;1-11(2,3)8-6-7(10(13)14)4-5-9(8)12;1-11(2,3)9-6-4-5-8(7-9)10(12)13/h4-5H,1-3H3,(H2,14,15);2*4-6H,1-3H3,(H2,13,14);4-7H,1-3H3,(H2,12,13). The lowest BCUT2D eigenvalue weighted by molar-refractivity contribution is 0.0987. The Hall–Kier alpha value is -5.52. The third-order valence-electron chi connectivity index (χ3n) is 8.30. The van der Waals surface area contributed by atoms with Crippen molar-refractivity contribution in [2.75, 3.05) is 0 Å². The van der Waals surface area contributed by atoms with Crippen molar-refractivity contribution in [3.63, 3.8) is 0 Å². The molecule has 0 saturated carbocycles. The first-order valence-electron chi connectivity index (χ1n) is 17.7. The molecule has 0 aliphatic rings. The highest BCUT2D eigenvalue weighted by Gasteiger charge is 2.23. The summed E-state index contributed by atoms with van der Waals surface area (Å²) in [6.07, 6.45) is 0. The average Bonchev–Trinajstić information content (AvgIpc) is 3.03. The molecule has 8 nitrogen and oxygen atoms in total. The molecule has 8 N–H and O–H groups in total. The Bertz CT molecular complexity index is 2050. The van der Waals surface area contributed by atoms with E-state index in [4.69, 9.17) is 22.9 Å². The molecule has 4 aromatic rings. The lowest BCUT2D eigenvalue weighted by Crippen LogP contribution is -2.19. The molecule has 0 aromatic heterocycles. The Morgan fingerprint density at radius 3 is 1.23 bits per heavy atom. The third-order valence-corrected chi connectivity index (χ3v) is 8.30. The van der Waals surface area contributed by atoms with Gasteiger partial charge in [0.2, 0.25) is 11.8 Å². The van der Waals surface area contributed by atoms with E-state index in [2.05, 4.69) is 20.8 Å². The smallest absolute Gasteiger partial charge is 0.251 e. The Kier molecular flexibility index (Phi) is 16.4. The molecule has 0 aliphatic carbocycles. The molecule has 4 amide bonds. The molecule has 0 aliphatic heterocycles. The summed E-state index contributed by atoms with van der Waals surface area (Å²) in [5, 5.41) is 0. The lowest BCUT2D eigenvalue weighted by Gasteiger charge is -2.20. The molecule has 304 valence electrons. The van der Waals surface area contributed by atoms with E-state index in [1.54, 1.807) is 32.9 Å². The predicted octanol–water partition coefficient (Wildman–Crippen LogP) is 8.89. The Morgan fingerprint density at radius 1 is 0.393 bits per heavy atom. The van der Waals surface area contributed by atoms with Crippen LogP contribution in [0.1, 0.15) is 147 Å². The average molecular weight is 781 g/mol. The maximum Gasteiger partial charge on any atom is 0.251 e. The molecule has 12 heteroatoms. The zero-order valence-corrected chi connectivity index (χ0v) is 34.4. The highest BCUT2D eigenvalue weighted by Crippen LogP contribution is 2.28. The van der Waals surface area contributed by atoms with E-state index in [1.807, 2.05) is 59.7 Å². The largest absolute Gasteiger partial charge is 0.366 e. The molecule has 0 heterocycles. The number of amides is 4. The van der Waals surface area contributed by atoms with Gasteiger partial charge in [-0.05, 0) is 92.4 Å². The minimum absolute atomic E-state index is 0.0441. The molecular formula is C44H56F4N4O4. The molecule has 0 radical (unpaired) electrons. The van der Waals surface area contributed by atoms with Crippen LogP contribution in [0.25, 0.3) is 0 Å². The topological polar surface area (TPSA) is 172 Å². The fourth-order valence-corrected chi connectivity index (χ4v) is 4.89. The van der Waals surface area contributed by atoms with Crippen LogP contribution in [0, 0.1) is 23.3 Å². The highest BCUT2D eigenvalue weighted by atomic mass is 19.1. The van der Waals surface area contributed by atoms with Crippen LogP contribution in [0.4, 0.5) is 17.6 Å². The minimum Gasteiger partial charge on any atom is -0.366 e. The van der Waals surface area contributed by atoms with E-state index in [0.717, 1.165) is 11.1 Å². The van der Waals surface area contributed by atoms with Crippen LogP contribution in [-0.4, -0.2) is 23.6 Å². The van der Waals surface area contributed by atoms with Crippen molar-refractivity contribution >= 4 is 23.6 Å². The molecule has 0 spiro atoms. The van der Waals surface area contributed by atoms with Gasteiger partial charge < -0.3 is 22.9 Å². The first-order chi connectivity index (χ1) is 25.3. The summed E-state index contributed by atoms with van der Waals surface area (Å²) in [5.41, 5.74) is 22.9. The molecule has 0 bridgehead atoms. The van der Waals surface area contributed by atoms with Gasteiger partial charge in [0.1, 0.15) is 23.3 Å². The molecule has 56 heavy (non-hydrogen) atoms. The van der Waals surface area contributed by atoms with E-state index < -0.39 is 40.6 Å². The van der Waals surface area contributed by atoms with Crippen LogP contribution in [0.3, 0.4) is 0 Å². The van der Waals surface area contributed by atoms with Gasteiger partial charge >= 0.3 is 0 Å². The first kappa shape index (κ1) is 48.5. The van der Waals surface area contributed by atoms with Crippen LogP contribution in [0.2, 0.25) is 0 Å². The zero-order chi connectivity index (χ0) is 43.7. The number of carbonyl (C=O) groups excluding carboxylic acids is 4. The van der Waals surface area contributed by atoms with Gasteiger partial charge in [-0.15, -0.1) is 0 Å². The summed E-state index contributed by atoms with van der Waals surface area (Å²) in [7, 11) is 0. The second kappa shape index (κ2) is 18.9. The Balaban J connectivity index is 0.000000374. The molecule has 0 fully saturated rings. The number of benzene rings is 4. The van der Waals surface area contributed by atoms with Crippen molar-refractivity contribution in [1.82, 2.24) is 0 Å². The van der Waals surface area contributed by atoms with Crippen molar-refractivity contribution in [3.05, 3.63) is 141 Å². The minimum atomic E-state index is -0.923. The summed E-state index contributed by atoms with van der Waals surface area (Å²) in [6, 6.07) is 18.0. The number of carbonyl (C=O) groups is 4. The fourth-order valence-electron chi connectivity index (χ4n) is 4.89. The van der Waals surface area contributed by atoms with Crippen molar-refractivity contribution in [3.8, 4) is 0 Å². The van der Waals surface area contributed by atoms with E-state index in [9.17, 15) is 36.7 Å². The lowest BCUT2D eigenvalue weighted by atomic mass is 9.85. The van der Waals surface area contributed by atoms with Gasteiger partial charge in [-0.2, -0.15) is 0 Å². The molecule has 4 aromatic carbocycles. The van der Waals surface area contributed by atoms with Gasteiger partial charge in [-0.25, -0.2) is 17.6 Å². The highest BCUT2D eigenvalue weighted by molar-refractivity contribution is 5.94. The van der Waals surface area contributed by atoms with Crippen LogP contribution in [0.15, 0.2) is 72.8 Å². The number of primary amides is 4. The number of rotatable bonds is 4. The van der Waals surface area contributed by atoms with Crippen LogP contribution >= 0.6 is 0 Å². The van der Waals surface area contributed by atoms with E-state index in [1.165, 1.54) is 36.4 Å². The van der Waals surface area contributed by atoms with E-state index in [0.29, 0.717) is 22.8 Å². The molecule has 4 rings (SSSR count). The number of nitrogens with two attached hydrogens (primary N) is 4. The van der Waals surface area contributed by atoms with Crippen LogP contribution < -0.4 is 22.9 Å². The number of halogens is 4. The second-order valence-electron chi connectivity index (χ2n) is 17.2. The van der Waals surface area contributed by atoms with E-state index >= 15 is 0 Å². The summed E-state index contributed by atoms with van der Waals surface area (Å²) >= 11 is 0. The SMILES string of the molecule is CC(C)(C)c1cc(C(N)=O)c(F)cc1F.CC(C)(C)c1cc(C(N)=O)ccc1F.CC(C)(C)c1ccc(F)c(C(N)=O)c1.CC(C)(C)c1cccc(C(N)=O)c1. The third kappa shape index (κ3) is 14.6. The van der Waals surface area contributed by atoms with Crippen molar-refractivity contribution in [2.24, 2.45) is 22.9 Å². The summed E-state index contributed by atoms with van der Waals surface area (Å²) in [5.74, 6) is -4.97. The number of hydrogen-bond acceptors (Lipinski definition) is 4. The molecule has 0 saturated heterocycles. The zero-order valence-electron chi connectivity index (χ0n) is 34.4. The Labute approximate surface area is 328 Å². The van der Waals surface area contributed by atoms with E-state index in [-0.39, 0.29) is 44.7 Å². The van der Waals surface area contributed by atoms with Gasteiger partial charge in [0.05, 0.1) is 11.1 Å². The van der Waals surface area contributed by atoms with Crippen molar-refractivity contribution < 1.29 is 36.7 Å². The van der Waals surface area contributed by atoms with Gasteiger partial charge in [-0.3, -0.25) is 19.2 Å². The first-order valence-corrected chi connectivity index (χ1v) is 17.7. The fraction of sp³-hybridized carbons (Fsp3) is 0.364. The normalized spacial score (nSPS) is 11.4.